The van der Waals surface area contributed by atoms with Crippen molar-refractivity contribution in [2.24, 2.45) is 0 Å². The molecule has 1 aromatic heterocycles. The van der Waals surface area contributed by atoms with Gasteiger partial charge in [0.2, 0.25) is 5.88 Å². The van der Waals surface area contributed by atoms with Crippen LogP contribution in [0.25, 0.3) is 0 Å². The average molecular weight is 342 g/mol. The minimum Gasteiger partial charge on any atom is -0.480 e. The van der Waals surface area contributed by atoms with E-state index in [1.54, 1.807) is 0 Å². The van der Waals surface area contributed by atoms with Crippen LogP contribution >= 0.6 is 0 Å². The molecule has 2 aromatic rings. The predicted molar refractivity (Wildman–Crippen MR) is 79.0 cm³/mol. The number of aromatic nitrogens is 1. The van der Waals surface area contributed by atoms with Crippen molar-refractivity contribution in [3.8, 4) is 5.88 Å². The molecule has 128 valence electrons. The summed E-state index contributed by atoms with van der Waals surface area (Å²) in [6.45, 7) is -0.723. The number of hydrogen-bond acceptors (Lipinski definition) is 4. The van der Waals surface area contributed by atoms with E-state index >= 15 is 0 Å². The largest absolute Gasteiger partial charge is 0.480 e. The number of methoxy groups -OCH3 is 1. The summed E-state index contributed by atoms with van der Waals surface area (Å²) in [6.07, 6.45) is -4.21. The van der Waals surface area contributed by atoms with Crippen molar-refractivity contribution in [1.29, 1.82) is 0 Å². The lowest BCUT2D eigenvalue weighted by Crippen LogP contribution is -2.46. The van der Waals surface area contributed by atoms with E-state index in [4.69, 9.17) is 4.74 Å². The van der Waals surface area contributed by atoms with Crippen molar-refractivity contribution >= 4 is 11.4 Å². The van der Waals surface area contributed by atoms with Gasteiger partial charge in [-0.15, -0.1) is 0 Å². The molecule has 0 saturated carbocycles. The number of nitrogens with one attached hydrogen (secondary N) is 1. The zero-order valence-electron chi connectivity index (χ0n) is 12.6. The number of benzene rings is 1. The number of aliphatic hydroxyl groups is 1. The van der Waals surface area contributed by atoms with Crippen LogP contribution in [0.5, 0.6) is 5.88 Å². The maximum atomic E-state index is 14.2. The summed E-state index contributed by atoms with van der Waals surface area (Å²) in [6, 6.07) is 4.36. The van der Waals surface area contributed by atoms with Gasteiger partial charge in [-0.3, -0.25) is 0 Å². The van der Waals surface area contributed by atoms with Gasteiger partial charge < -0.3 is 15.2 Å². The lowest BCUT2D eigenvalue weighted by Gasteiger charge is -2.42. The maximum absolute atomic E-state index is 14.2. The second kappa shape index (κ2) is 5.62. The van der Waals surface area contributed by atoms with Crippen molar-refractivity contribution in [3.05, 3.63) is 47.4 Å². The van der Waals surface area contributed by atoms with Gasteiger partial charge in [-0.2, -0.15) is 13.2 Å². The summed E-state index contributed by atoms with van der Waals surface area (Å²) in [7, 11) is 1.30. The predicted octanol–water partition coefficient (Wildman–Crippen LogP) is 3.52. The number of rotatable bonds is 3. The smallest absolute Gasteiger partial charge is 0.402 e. The standard InChI is InChI=1S/C16H14F4N2O2/c1-24-14-13-10(4-6-21-14)15(5-7-23,16(18,19)20)11-8-9(17)2-3-12(11)22-13/h2-4,6,8,22-23H,5,7H2,1H3. The normalized spacial score (nSPS) is 19.2. The summed E-state index contributed by atoms with van der Waals surface area (Å²) >= 11 is 0. The Morgan fingerprint density at radius 2 is 2.00 bits per heavy atom. The first kappa shape index (κ1) is 16.5. The third-order valence-electron chi connectivity index (χ3n) is 4.24. The molecule has 2 heterocycles. The number of nitrogens with zero attached hydrogens (tertiary/aromatic N) is 1. The van der Waals surface area contributed by atoms with Crippen LogP contribution in [-0.4, -0.2) is 30.0 Å². The molecule has 0 fully saturated rings. The molecule has 3 rings (SSSR count). The number of halogens is 4. The van der Waals surface area contributed by atoms with E-state index in [1.807, 2.05) is 0 Å². The number of ether oxygens (including phenoxy) is 1. The van der Waals surface area contributed by atoms with Gasteiger partial charge in [-0.1, -0.05) is 0 Å². The molecule has 0 radical (unpaired) electrons. The highest BCUT2D eigenvalue weighted by Gasteiger charge is 2.60. The molecule has 1 atom stereocenters. The molecule has 0 aliphatic carbocycles. The molecule has 2 N–H and O–H groups in total. The molecule has 0 saturated heterocycles. The van der Waals surface area contributed by atoms with Crippen molar-refractivity contribution < 1.29 is 27.4 Å². The van der Waals surface area contributed by atoms with Crippen LogP contribution in [0.15, 0.2) is 30.5 Å². The van der Waals surface area contributed by atoms with Crippen LogP contribution in [0.4, 0.5) is 28.9 Å². The van der Waals surface area contributed by atoms with Crippen molar-refractivity contribution in [3.63, 3.8) is 0 Å². The molecule has 24 heavy (non-hydrogen) atoms. The molecule has 4 nitrogen and oxygen atoms in total. The lowest BCUT2D eigenvalue weighted by molar-refractivity contribution is -0.182. The summed E-state index contributed by atoms with van der Waals surface area (Å²) in [5.41, 5.74) is -2.83. The van der Waals surface area contributed by atoms with E-state index in [0.717, 1.165) is 12.1 Å². The first-order valence-corrected chi connectivity index (χ1v) is 7.13. The van der Waals surface area contributed by atoms with Gasteiger partial charge >= 0.3 is 6.18 Å². The third kappa shape index (κ3) is 2.21. The first-order valence-electron chi connectivity index (χ1n) is 7.13. The van der Waals surface area contributed by atoms with E-state index < -0.39 is 30.4 Å². The Labute approximate surface area is 135 Å². The van der Waals surface area contributed by atoms with E-state index in [0.29, 0.717) is 0 Å². The highest BCUT2D eigenvalue weighted by atomic mass is 19.4. The first-order chi connectivity index (χ1) is 11.3. The molecule has 1 unspecified atom stereocenters. The third-order valence-corrected chi connectivity index (χ3v) is 4.24. The Kier molecular flexibility index (Phi) is 3.87. The molecule has 1 aromatic carbocycles. The van der Waals surface area contributed by atoms with Gasteiger partial charge in [0, 0.05) is 24.1 Å². The van der Waals surface area contributed by atoms with Gasteiger partial charge in [0.15, 0.2) is 0 Å². The van der Waals surface area contributed by atoms with Crippen LogP contribution in [0, 0.1) is 5.82 Å². The topological polar surface area (TPSA) is 54.4 Å². The lowest BCUT2D eigenvalue weighted by atomic mass is 9.68. The quantitative estimate of drug-likeness (QED) is 0.838. The second-order valence-electron chi connectivity index (χ2n) is 5.43. The minimum absolute atomic E-state index is 0.00552. The second-order valence-corrected chi connectivity index (χ2v) is 5.43. The van der Waals surface area contributed by atoms with Crippen molar-refractivity contribution in [2.45, 2.75) is 18.0 Å². The zero-order valence-corrected chi connectivity index (χ0v) is 12.6. The fraction of sp³-hybridized carbons (Fsp3) is 0.312. The number of aliphatic hydroxyl groups excluding tert-OH is 1. The van der Waals surface area contributed by atoms with Crippen LogP contribution in [0.3, 0.4) is 0 Å². The SMILES string of the molecule is COc1nccc2c1Nc1ccc(F)cc1C2(CCO)C(F)(F)F. The molecule has 0 bridgehead atoms. The van der Waals surface area contributed by atoms with Crippen LogP contribution < -0.4 is 10.1 Å². The van der Waals surface area contributed by atoms with Crippen LogP contribution in [0.2, 0.25) is 0 Å². The van der Waals surface area contributed by atoms with E-state index in [9.17, 15) is 22.7 Å². The zero-order chi connectivity index (χ0) is 17.5. The highest BCUT2D eigenvalue weighted by Crippen LogP contribution is 2.57. The Balaban J connectivity index is 2.41. The van der Waals surface area contributed by atoms with Crippen LogP contribution in [-0.2, 0) is 5.41 Å². The molecule has 0 spiro atoms. The van der Waals surface area contributed by atoms with Gasteiger partial charge in [-0.05, 0) is 36.2 Å². The number of anilines is 2. The molecule has 8 heteroatoms. The van der Waals surface area contributed by atoms with E-state index in [2.05, 4.69) is 10.3 Å². The number of fused-ring (bicyclic) bond motifs is 2. The molecular weight excluding hydrogens is 328 g/mol. The van der Waals surface area contributed by atoms with Gasteiger partial charge in [0.1, 0.15) is 16.9 Å². The molecular formula is C16H14F4N2O2. The Morgan fingerprint density at radius 1 is 1.25 bits per heavy atom. The highest BCUT2D eigenvalue weighted by molar-refractivity contribution is 5.79. The molecule has 1 aliphatic rings. The van der Waals surface area contributed by atoms with Gasteiger partial charge in [-0.25, -0.2) is 9.37 Å². The fourth-order valence-corrected chi connectivity index (χ4v) is 3.22. The average Bonchev–Trinajstić information content (AvgIpc) is 2.53. The fourth-order valence-electron chi connectivity index (χ4n) is 3.22. The number of pyridine rings is 1. The van der Waals surface area contributed by atoms with Gasteiger partial charge in [0.25, 0.3) is 0 Å². The summed E-state index contributed by atoms with van der Waals surface area (Å²) in [4.78, 5) is 3.92. The van der Waals surface area contributed by atoms with E-state index in [-0.39, 0.29) is 28.4 Å². The van der Waals surface area contributed by atoms with Crippen molar-refractivity contribution in [2.75, 3.05) is 19.0 Å². The molecule has 0 amide bonds. The van der Waals surface area contributed by atoms with E-state index in [1.165, 1.54) is 25.4 Å². The summed E-state index contributed by atoms with van der Waals surface area (Å²) < 4.78 is 61.3. The maximum Gasteiger partial charge on any atom is 0.402 e. The van der Waals surface area contributed by atoms with Crippen molar-refractivity contribution in [1.82, 2.24) is 4.98 Å². The summed E-state index contributed by atoms with van der Waals surface area (Å²) in [5.74, 6) is -0.791. The number of hydrogen-bond donors (Lipinski definition) is 2. The monoisotopic (exact) mass is 342 g/mol. The molecule has 1 aliphatic heterocycles. The number of alkyl halides is 3. The Bertz CT molecular complexity index is 779. The van der Waals surface area contributed by atoms with Crippen LogP contribution in [0.1, 0.15) is 17.5 Å². The van der Waals surface area contributed by atoms with Gasteiger partial charge in [0.05, 0.1) is 7.11 Å². The Morgan fingerprint density at radius 3 is 2.62 bits per heavy atom. The Hall–Kier alpha value is -2.35. The summed E-state index contributed by atoms with van der Waals surface area (Å²) in [5, 5.41) is 12.2. The minimum atomic E-state index is -4.76.